The maximum absolute atomic E-state index is 13.1. The van der Waals surface area contributed by atoms with Gasteiger partial charge in [-0.25, -0.2) is 0 Å². The van der Waals surface area contributed by atoms with E-state index < -0.39 is 0 Å². The average molecular weight is 341 g/mol. The second kappa shape index (κ2) is 6.69. The fourth-order valence-corrected chi connectivity index (χ4v) is 4.93. The summed E-state index contributed by atoms with van der Waals surface area (Å²) >= 11 is 1.76. The smallest absolute Gasteiger partial charge is 0.255 e. The largest absolute Gasteiger partial charge is 0.367 e. The van der Waals surface area contributed by atoms with Crippen LogP contribution in [0.2, 0.25) is 0 Å². The normalized spacial score (nSPS) is 23.8. The number of carbonyl (C=O) groups excluding carboxylic acids is 1. The number of hydrogen-bond acceptors (Lipinski definition) is 3. The van der Waals surface area contributed by atoms with Crippen molar-refractivity contribution in [2.24, 2.45) is 0 Å². The molecule has 2 atom stereocenters. The third kappa shape index (κ3) is 3.01. The lowest BCUT2D eigenvalue weighted by atomic mass is 9.95. The van der Waals surface area contributed by atoms with Crippen LogP contribution in [0.3, 0.4) is 0 Å². The van der Waals surface area contributed by atoms with Gasteiger partial charge in [0.1, 0.15) is 6.10 Å². The maximum Gasteiger partial charge on any atom is 0.255 e. The minimum absolute atomic E-state index is 0.0339. The van der Waals surface area contributed by atoms with E-state index in [1.807, 2.05) is 23.1 Å². The Kier molecular flexibility index (Phi) is 4.42. The van der Waals surface area contributed by atoms with Gasteiger partial charge in [-0.3, -0.25) is 4.79 Å². The van der Waals surface area contributed by atoms with Gasteiger partial charge in [-0.15, -0.1) is 11.3 Å². The monoisotopic (exact) mass is 341 g/mol. The van der Waals surface area contributed by atoms with Crippen molar-refractivity contribution in [2.75, 3.05) is 13.1 Å². The first-order chi connectivity index (χ1) is 11.7. The van der Waals surface area contributed by atoms with E-state index in [4.69, 9.17) is 4.74 Å². The molecular weight excluding hydrogens is 318 g/mol. The van der Waals surface area contributed by atoms with Gasteiger partial charge in [-0.2, -0.15) is 0 Å². The van der Waals surface area contributed by atoms with Crippen molar-refractivity contribution in [1.29, 1.82) is 0 Å². The average Bonchev–Trinajstić information content (AvgIpc) is 3.05. The molecule has 4 rings (SSSR count). The molecule has 4 heteroatoms. The third-order valence-corrected chi connectivity index (χ3v) is 6.10. The predicted octanol–water partition coefficient (Wildman–Crippen LogP) is 4.23. The second-order valence-corrected chi connectivity index (χ2v) is 7.78. The minimum Gasteiger partial charge on any atom is -0.367 e. The van der Waals surface area contributed by atoms with E-state index >= 15 is 0 Å². The van der Waals surface area contributed by atoms with Gasteiger partial charge in [0.25, 0.3) is 5.91 Å². The molecule has 1 fully saturated rings. The molecule has 1 aromatic carbocycles. The molecule has 1 aliphatic carbocycles. The van der Waals surface area contributed by atoms with Gasteiger partial charge in [0, 0.05) is 16.8 Å². The molecule has 2 aromatic rings. The molecule has 24 heavy (non-hydrogen) atoms. The predicted molar refractivity (Wildman–Crippen MR) is 96.6 cm³/mol. The highest BCUT2D eigenvalue weighted by atomic mass is 32.1. The summed E-state index contributed by atoms with van der Waals surface area (Å²) in [4.78, 5) is 16.5. The standard InChI is InChI=1S/C20H23NO2S/c1-14-11-21(12-18(23-14)15-7-3-2-4-8-15)20(22)17-13-24-19-10-6-5-9-16(17)19/h2-4,7-8,13-14,18H,5-6,9-12H2,1H3/t14-,18-/m0/s1. The SMILES string of the molecule is C[C@H]1CN(C(=O)c2csc3c2CCCC3)C[C@@H](c2ccccc2)O1. The summed E-state index contributed by atoms with van der Waals surface area (Å²) in [7, 11) is 0. The molecule has 1 amide bonds. The van der Waals surface area contributed by atoms with Gasteiger partial charge in [-0.1, -0.05) is 30.3 Å². The molecule has 0 bridgehead atoms. The molecule has 1 saturated heterocycles. The quantitative estimate of drug-likeness (QED) is 0.818. The van der Waals surface area contributed by atoms with Crippen molar-refractivity contribution in [3.8, 4) is 0 Å². The van der Waals surface area contributed by atoms with Gasteiger partial charge in [0.05, 0.1) is 18.2 Å². The van der Waals surface area contributed by atoms with Gasteiger partial charge in [0.2, 0.25) is 0 Å². The van der Waals surface area contributed by atoms with Crippen LogP contribution in [0.4, 0.5) is 0 Å². The van der Waals surface area contributed by atoms with Crippen LogP contribution < -0.4 is 0 Å². The number of amides is 1. The highest BCUT2D eigenvalue weighted by molar-refractivity contribution is 7.10. The Hall–Kier alpha value is -1.65. The Balaban J connectivity index is 1.57. The maximum atomic E-state index is 13.1. The van der Waals surface area contributed by atoms with Gasteiger partial charge < -0.3 is 9.64 Å². The van der Waals surface area contributed by atoms with E-state index in [0.717, 1.165) is 24.0 Å². The zero-order chi connectivity index (χ0) is 16.5. The molecule has 126 valence electrons. The van der Waals surface area contributed by atoms with Crippen molar-refractivity contribution >= 4 is 17.2 Å². The summed E-state index contributed by atoms with van der Waals surface area (Å²) in [5, 5.41) is 2.08. The van der Waals surface area contributed by atoms with Crippen LogP contribution in [-0.4, -0.2) is 30.0 Å². The summed E-state index contributed by atoms with van der Waals surface area (Å²) in [6.07, 6.45) is 4.68. The first kappa shape index (κ1) is 15.9. The molecule has 0 unspecified atom stereocenters. The van der Waals surface area contributed by atoms with E-state index in [9.17, 15) is 4.79 Å². The highest BCUT2D eigenvalue weighted by Crippen LogP contribution is 2.32. The van der Waals surface area contributed by atoms with Crippen LogP contribution in [0.1, 0.15) is 52.2 Å². The van der Waals surface area contributed by atoms with Gasteiger partial charge in [-0.05, 0) is 43.7 Å². The van der Waals surface area contributed by atoms with E-state index in [0.29, 0.717) is 13.1 Å². The molecule has 3 nitrogen and oxygen atoms in total. The third-order valence-electron chi connectivity index (χ3n) is 5.01. The van der Waals surface area contributed by atoms with Crippen molar-refractivity contribution in [3.05, 3.63) is 57.3 Å². The Labute approximate surface area is 147 Å². The number of fused-ring (bicyclic) bond motifs is 1. The number of benzene rings is 1. The number of rotatable bonds is 2. The summed E-state index contributed by atoms with van der Waals surface area (Å²) < 4.78 is 6.09. The molecule has 0 spiro atoms. The highest BCUT2D eigenvalue weighted by Gasteiger charge is 2.31. The fraction of sp³-hybridized carbons (Fsp3) is 0.450. The second-order valence-electron chi connectivity index (χ2n) is 6.81. The van der Waals surface area contributed by atoms with Crippen LogP contribution in [0.5, 0.6) is 0 Å². The van der Waals surface area contributed by atoms with Crippen molar-refractivity contribution < 1.29 is 9.53 Å². The fourth-order valence-electron chi connectivity index (χ4n) is 3.81. The minimum atomic E-state index is -0.0339. The number of carbonyl (C=O) groups is 1. The Morgan fingerprint density at radius 1 is 1.17 bits per heavy atom. The first-order valence-corrected chi connectivity index (χ1v) is 9.69. The van der Waals surface area contributed by atoms with Gasteiger partial charge >= 0.3 is 0 Å². The number of morpholine rings is 1. The summed E-state index contributed by atoms with van der Waals surface area (Å²) in [5.74, 6) is 0.186. The number of ether oxygens (including phenoxy) is 1. The lowest BCUT2D eigenvalue weighted by molar-refractivity contribution is -0.0691. The lowest BCUT2D eigenvalue weighted by Gasteiger charge is -2.37. The van der Waals surface area contributed by atoms with Crippen LogP contribution >= 0.6 is 11.3 Å². The zero-order valence-electron chi connectivity index (χ0n) is 14.0. The molecule has 1 aliphatic heterocycles. The zero-order valence-corrected chi connectivity index (χ0v) is 14.8. The van der Waals surface area contributed by atoms with Crippen molar-refractivity contribution in [2.45, 2.75) is 44.8 Å². The Bertz CT molecular complexity index is 724. The van der Waals surface area contributed by atoms with Crippen molar-refractivity contribution in [1.82, 2.24) is 4.90 Å². The number of hydrogen-bond donors (Lipinski definition) is 0. The van der Waals surface area contributed by atoms with Crippen LogP contribution in [-0.2, 0) is 17.6 Å². The van der Waals surface area contributed by atoms with Crippen LogP contribution in [0.15, 0.2) is 35.7 Å². The van der Waals surface area contributed by atoms with E-state index in [2.05, 4.69) is 24.4 Å². The Morgan fingerprint density at radius 3 is 2.79 bits per heavy atom. The first-order valence-electron chi connectivity index (χ1n) is 8.81. The topological polar surface area (TPSA) is 29.5 Å². The number of aryl methyl sites for hydroxylation is 1. The molecule has 1 aromatic heterocycles. The molecule has 0 N–H and O–H groups in total. The van der Waals surface area contributed by atoms with Crippen LogP contribution in [0, 0.1) is 0 Å². The molecule has 2 heterocycles. The molecular formula is C20H23NO2S. The molecule has 2 aliphatic rings. The van der Waals surface area contributed by atoms with E-state index in [-0.39, 0.29) is 18.1 Å². The Morgan fingerprint density at radius 2 is 1.96 bits per heavy atom. The summed E-state index contributed by atoms with van der Waals surface area (Å²) in [6, 6.07) is 10.2. The summed E-state index contributed by atoms with van der Waals surface area (Å²) in [5.41, 5.74) is 3.40. The number of nitrogens with zero attached hydrogens (tertiary/aromatic N) is 1. The van der Waals surface area contributed by atoms with E-state index in [1.54, 1.807) is 11.3 Å². The molecule has 0 saturated carbocycles. The summed E-state index contributed by atoms with van der Waals surface area (Å²) in [6.45, 7) is 3.36. The van der Waals surface area contributed by atoms with Crippen LogP contribution in [0.25, 0.3) is 0 Å². The number of thiophene rings is 1. The van der Waals surface area contributed by atoms with Gasteiger partial charge in [0.15, 0.2) is 0 Å². The molecule has 0 radical (unpaired) electrons. The van der Waals surface area contributed by atoms with Crippen molar-refractivity contribution in [3.63, 3.8) is 0 Å². The van der Waals surface area contributed by atoms with E-state index in [1.165, 1.54) is 23.3 Å². The lowest BCUT2D eigenvalue weighted by Crippen LogP contribution is -2.46.